The molecule has 1 aliphatic rings. The Bertz CT molecular complexity index is 656. The third kappa shape index (κ3) is 3.36. The molecule has 1 aromatic carbocycles. The second-order valence-electron chi connectivity index (χ2n) is 5.49. The lowest BCUT2D eigenvalue weighted by Crippen LogP contribution is -2.29. The fourth-order valence-corrected chi connectivity index (χ4v) is 2.55. The van der Waals surface area contributed by atoms with Crippen molar-refractivity contribution in [2.24, 2.45) is 5.16 Å². The Kier molecular flexibility index (Phi) is 4.10. The second kappa shape index (κ2) is 6.18. The fraction of sp³-hybridized carbons (Fsp3) is 0.438. The molecular weight excluding hydrogens is 264 g/mol. The van der Waals surface area contributed by atoms with Crippen LogP contribution in [0.25, 0.3) is 11.0 Å². The van der Waals surface area contributed by atoms with E-state index in [1.807, 2.05) is 30.5 Å². The van der Waals surface area contributed by atoms with Crippen molar-refractivity contribution in [3.05, 3.63) is 36.2 Å². The first-order valence-electron chi connectivity index (χ1n) is 7.35. The highest BCUT2D eigenvalue weighted by atomic mass is 16.6. The summed E-state index contributed by atoms with van der Waals surface area (Å²) in [6.07, 6.45) is 3.92. The Morgan fingerprint density at radius 1 is 1.29 bits per heavy atom. The number of oxime groups is 1. The van der Waals surface area contributed by atoms with Gasteiger partial charge >= 0.3 is 0 Å². The van der Waals surface area contributed by atoms with Crippen LogP contribution in [0.5, 0.6) is 0 Å². The predicted octanol–water partition coefficient (Wildman–Crippen LogP) is 2.62. The number of hydrogen-bond acceptors (Lipinski definition) is 5. The summed E-state index contributed by atoms with van der Waals surface area (Å²) in [5.74, 6) is 0. The lowest BCUT2D eigenvalue weighted by molar-refractivity contribution is 0.0574. The van der Waals surface area contributed by atoms with Gasteiger partial charge in [0.15, 0.2) is 0 Å². The monoisotopic (exact) mass is 284 g/mol. The molecule has 0 saturated heterocycles. The second-order valence-corrected chi connectivity index (χ2v) is 5.49. The zero-order valence-corrected chi connectivity index (χ0v) is 12.5. The van der Waals surface area contributed by atoms with Crippen LogP contribution in [0.4, 0.5) is 0 Å². The summed E-state index contributed by atoms with van der Waals surface area (Å²) in [5.41, 5.74) is 4.01. The molecule has 2 heterocycles. The molecule has 110 valence electrons. The van der Waals surface area contributed by atoms with Crippen molar-refractivity contribution in [2.75, 3.05) is 13.6 Å². The standard InChI is InChI=1S/C16H20N4O/c1-3-12-8-14(21-19-12)11-20(2)10-13-9-17-15-6-4-5-7-16(15)18-13/h4-7,9,14H,3,8,10-11H2,1-2H3/t14-/m1/s1. The van der Waals surface area contributed by atoms with Gasteiger partial charge in [-0.1, -0.05) is 24.2 Å². The van der Waals surface area contributed by atoms with Gasteiger partial charge in [0.05, 0.1) is 28.6 Å². The molecule has 1 aliphatic heterocycles. The molecule has 0 fully saturated rings. The van der Waals surface area contributed by atoms with Gasteiger partial charge in [-0.3, -0.25) is 9.88 Å². The van der Waals surface area contributed by atoms with E-state index in [-0.39, 0.29) is 6.10 Å². The molecule has 1 atom stereocenters. The van der Waals surface area contributed by atoms with Gasteiger partial charge in [-0.25, -0.2) is 4.98 Å². The first kappa shape index (κ1) is 13.9. The predicted molar refractivity (Wildman–Crippen MR) is 83.1 cm³/mol. The van der Waals surface area contributed by atoms with Crippen molar-refractivity contribution in [3.8, 4) is 0 Å². The maximum absolute atomic E-state index is 5.45. The zero-order chi connectivity index (χ0) is 14.7. The zero-order valence-electron chi connectivity index (χ0n) is 12.5. The number of likely N-dealkylation sites (N-methyl/N-ethyl adjacent to an activating group) is 1. The smallest absolute Gasteiger partial charge is 0.145 e. The molecule has 5 nitrogen and oxygen atoms in total. The van der Waals surface area contributed by atoms with E-state index < -0.39 is 0 Å². The van der Waals surface area contributed by atoms with Crippen LogP contribution in [0, 0.1) is 0 Å². The van der Waals surface area contributed by atoms with Crippen molar-refractivity contribution in [1.29, 1.82) is 0 Å². The molecule has 0 saturated carbocycles. The van der Waals surface area contributed by atoms with Gasteiger partial charge in [-0.15, -0.1) is 0 Å². The summed E-state index contributed by atoms with van der Waals surface area (Å²) in [4.78, 5) is 16.7. The number of hydrogen-bond donors (Lipinski definition) is 0. The van der Waals surface area contributed by atoms with Gasteiger partial charge in [0.1, 0.15) is 6.10 Å². The van der Waals surface area contributed by atoms with Crippen LogP contribution in [-0.4, -0.2) is 40.3 Å². The Balaban J connectivity index is 1.60. The van der Waals surface area contributed by atoms with E-state index in [2.05, 4.69) is 34.0 Å². The Hall–Kier alpha value is -2.01. The molecule has 0 N–H and O–H groups in total. The van der Waals surface area contributed by atoms with E-state index in [9.17, 15) is 0 Å². The number of rotatable bonds is 5. The Morgan fingerprint density at radius 2 is 2.10 bits per heavy atom. The first-order valence-corrected chi connectivity index (χ1v) is 7.35. The molecule has 0 spiro atoms. The summed E-state index contributed by atoms with van der Waals surface area (Å²) in [7, 11) is 2.07. The molecule has 0 bridgehead atoms. The molecule has 0 aliphatic carbocycles. The molecule has 0 amide bonds. The van der Waals surface area contributed by atoms with Gasteiger partial charge in [0.25, 0.3) is 0 Å². The molecule has 0 unspecified atom stereocenters. The van der Waals surface area contributed by atoms with Gasteiger partial charge in [-0.2, -0.15) is 0 Å². The topological polar surface area (TPSA) is 50.6 Å². The molecule has 3 rings (SSSR count). The highest BCUT2D eigenvalue weighted by molar-refractivity contribution is 5.85. The minimum atomic E-state index is 0.165. The van der Waals surface area contributed by atoms with Crippen LogP contribution >= 0.6 is 0 Å². The van der Waals surface area contributed by atoms with Crippen molar-refractivity contribution < 1.29 is 4.84 Å². The van der Waals surface area contributed by atoms with E-state index in [1.54, 1.807) is 0 Å². The molecular formula is C16H20N4O. The summed E-state index contributed by atoms with van der Waals surface area (Å²) < 4.78 is 0. The summed E-state index contributed by atoms with van der Waals surface area (Å²) >= 11 is 0. The van der Waals surface area contributed by atoms with Crippen molar-refractivity contribution in [2.45, 2.75) is 32.4 Å². The minimum Gasteiger partial charge on any atom is -0.391 e. The van der Waals surface area contributed by atoms with Crippen LogP contribution in [0.15, 0.2) is 35.6 Å². The van der Waals surface area contributed by atoms with Crippen LogP contribution in [0.3, 0.4) is 0 Å². The van der Waals surface area contributed by atoms with Gasteiger partial charge in [0.2, 0.25) is 0 Å². The number of para-hydroxylation sites is 2. The van der Waals surface area contributed by atoms with Crippen LogP contribution in [0.1, 0.15) is 25.5 Å². The average Bonchev–Trinajstić information content (AvgIpc) is 2.94. The molecule has 0 radical (unpaired) electrons. The third-order valence-electron chi connectivity index (χ3n) is 3.65. The quantitative estimate of drug-likeness (QED) is 0.847. The number of fused-ring (bicyclic) bond motifs is 1. The highest BCUT2D eigenvalue weighted by Crippen LogP contribution is 2.15. The normalized spacial score (nSPS) is 18.0. The van der Waals surface area contributed by atoms with E-state index in [0.717, 1.165) is 48.4 Å². The Morgan fingerprint density at radius 3 is 2.86 bits per heavy atom. The molecule has 5 heteroatoms. The van der Waals surface area contributed by atoms with Gasteiger partial charge in [-0.05, 0) is 25.6 Å². The molecule has 2 aromatic rings. The summed E-state index contributed by atoms with van der Waals surface area (Å²) in [6, 6.07) is 7.94. The van der Waals surface area contributed by atoms with Gasteiger partial charge < -0.3 is 4.84 Å². The van der Waals surface area contributed by atoms with E-state index in [0.29, 0.717) is 0 Å². The lowest BCUT2D eigenvalue weighted by atomic mass is 10.1. The summed E-state index contributed by atoms with van der Waals surface area (Å²) in [6.45, 7) is 3.72. The largest absolute Gasteiger partial charge is 0.391 e. The van der Waals surface area contributed by atoms with Crippen LogP contribution in [0.2, 0.25) is 0 Å². The summed E-state index contributed by atoms with van der Waals surface area (Å²) in [5, 5.41) is 4.10. The van der Waals surface area contributed by atoms with Crippen molar-refractivity contribution in [1.82, 2.24) is 14.9 Å². The van der Waals surface area contributed by atoms with E-state index in [4.69, 9.17) is 4.84 Å². The number of nitrogens with zero attached hydrogens (tertiary/aromatic N) is 4. The van der Waals surface area contributed by atoms with E-state index >= 15 is 0 Å². The molecule has 21 heavy (non-hydrogen) atoms. The third-order valence-corrected chi connectivity index (χ3v) is 3.65. The fourth-order valence-electron chi connectivity index (χ4n) is 2.55. The van der Waals surface area contributed by atoms with Crippen LogP contribution < -0.4 is 0 Å². The first-order chi connectivity index (χ1) is 10.2. The minimum absolute atomic E-state index is 0.165. The molecule has 1 aromatic heterocycles. The lowest BCUT2D eigenvalue weighted by Gasteiger charge is -2.19. The van der Waals surface area contributed by atoms with Crippen LogP contribution in [-0.2, 0) is 11.4 Å². The maximum atomic E-state index is 5.45. The average molecular weight is 284 g/mol. The van der Waals surface area contributed by atoms with E-state index in [1.165, 1.54) is 0 Å². The maximum Gasteiger partial charge on any atom is 0.145 e. The van der Waals surface area contributed by atoms with Crippen molar-refractivity contribution in [3.63, 3.8) is 0 Å². The van der Waals surface area contributed by atoms with Crippen molar-refractivity contribution >= 4 is 16.7 Å². The Labute approximate surface area is 124 Å². The SMILES string of the molecule is CCC1=NO[C@@H](CN(C)Cc2cnc3ccccc3n2)C1. The highest BCUT2D eigenvalue weighted by Gasteiger charge is 2.21. The number of aromatic nitrogens is 2. The number of benzene rings is 1. The van der Waals surface area contributed by atoms with Gasteiger partial charge in [0, 0.05) is 19.5 Å².